The molecule has 96 valence electrons. The number of hydrogen-bond donors (Lipinski definition) is 1. The third-order valence-corrected chi connectivity index (χ3v) is 3.71. The smallest absolute Gasteiger partial charge is 0.147 e. The number of pyridine rings is 1. The van der Waals surface area contributed by atoms with Crippen molar-refractivity contribution in [3.05, 3.63) is 30.1 Å². The molecule has 4 nitrogen and oxygen atoms in total. The monoisotopic (exact) mass is 256 g/mol. The molecule has 0 spiro atoms. The Bertz CT molecular complexity index is 417. The van der Waals surface area contributed by atoms with Crippen LogP contribution in [-0.2, 0) is 16.3 Å². The largest absolute Gasteiger partial charge is 0.317 e. The van der Waals surface area contributed by atoms with Gasteiger partial charge in [0, 0.05) is 30.4 Å². The van der Waals surface area contributed by atoms with Crippen LogP contribution in [-0.4, -0.2) is 38.5 Å². The lowest BCUT2D eigenvalue weighted by Gasteiger charge is -2.15. The van der Waals surface area contributed by atoms with Gasteiger partial charge in [0.1, 0.15) is 9.84 Å². The first-order valence-corrected chi connectivity index (χ1v) is 7.81. The van der Waals surface area contributed by atoms with Crippen molar-refractivity contribution in [2.45, 2.75) is 25.3 Å². The Morgan fingerprint density at radius 3 is 2.76 bits per heavy atom. The molecule has 1 rings (SSSR count). The summed E-state index contributed by atoms with van der Waals surface area (Å²) in [6, 6.07) is 4.26. The molecule has 1 heterocycles. The van der Waals surface area contributed by atoms with E-state index in [0.29, 0.717) is 12.5 Å². The van der Waals surface area contributed by atoms with E-state index in [1.807, 2.05) is 25.4 Å². The Hall–Kier alpha value is -0.940. The fraction of sp³-hybridized carbons (Fsp3) is 0.583. The van der Waals surface area contributed by atoms with Crippen LogP contribution in [0.2, 0.25) is 0 Å². The van der Waals surface area contributed by atoms with Crippen LogP contribution < -0.4 is 5.32 Å². The Balaban J connectivity index is 2.39. The second-order valence-electron chi connectivity index (χ2n) is 4.32. The number of likely N-dealkylation sites (N-methyl/N-ethyl adjacent to an activating group) is 1. The molecule has 1 unspecified atom stereocenters. The molecule has 1 aromatic rings. The van der Waals surface area contributed by atoms with Crippen molar-refractivity contribution in [1.29, 1.82) is 0 Å². The average molecular weight is 256 g/mol. The molecule has 0 aliphatic rings. The van der Waals surface area contributed by atoms with Gasteiger partial charge in [-0.05, 0) is 37.9 Å². The second kappa shape index (κ2) is 6.71. The van der Waals surface area contributed by atoms with Crippen molar-refractivity contribution in [2.75, 3.05) is 19.1 Å². The minimum absolute atomic E-state index is 0.262. The maximum absolute atomic E-state index is 11.0. The molecule has 0 bridgehead atoms. The topological polar surface area (TPSA) is 59.1 Å². The summed E-state index contributed by atoms with van der Waals surface area (Å²) in [5.41, 5.74) is 1.17. The molecule has 0 radical (unpaired) electrons. The zero-order chi connectivity index (χ0) is 12.7. The molecule has 0 aliphatic heterocycles. The second-order valence-corrected chi connectivity index (χ2v) is 6.58. The minimum Gasteiger partial charge on any atom is -0.317 e. The van der Waals surface area contributed by atoms with E-state index in [4.69, 9.17) is 0 Å². The van der Waals surface area contributed by atoms with E-state index in [1.54, 1.807) is 6.20 Å². The lowest BCUT2D eigenvalue weighted by atomic mass is 10.0. The number of sulfone groups is 1. The van der Waals surface area contributed by atoms with E-state index in [1.165, 1.54) is 11.8 Å². The minimum atomic E-state index is -2.84. The standard InChI is InChI=1S/C12H20N2O2S/c1-13-12(6-4-8-17(2,15)16)9-11-5-3-7-14-10-11/h3,5,7,10,12-13H,4,6,8-9H2,1-2H3. The summed E-state index contributed by atoms with van der Waals surface area (Å²) < 4.78 is 22.1. The maximum Gasteiger partial charge on any atom is 0.147 e. The normalized spacial score (nSPS) is 13.5. The van der Waals surface area contributed by atoms with Crippen LogP contribution in [0.5, 0.6) is 0 Å². The Labute approximate surface area is 103 Å². The van der Waals surface area contributed by atoms with E-state index in [0.717, 1.165) is 12.8 Å². The Morgan fingerprint density at radius 1 is 1.47 bits per heavy atom. The predicted octanol–water partition coefficient (Wildman–Crippen LogP) is 1.04. The van der Waals surface area contributed by atoms with E-state index < -0.39 is 9.84 Å². The van der Waals surface area contributed by atoms with Gasteiger partial charge in [-0.2, -0.15) is 0 Å². The molecular weight excluding hydrogens is 236 g/mol. The van der Waals surface area contributed by atoms with Crippen LogP contribution in [0, 0.1) is 0 Å². The molecule has 0 aromatic carbocycles. The summed E-state index contributed by atoms with van der Waals surface area (Å²) >= 11 is 0. The van der Waals surface area contributed by atoms with Gasteiger partial charge in [-0.15, -0.1) is 0 Å². The summed E-state index contributed by atoms with van der Waals surface area (Å²) in [6.07, 6.45) is 7.32. The quantitative estimate of drug-likeness (QED) is 0.792. The zero-order valence-corrected chi connectivity index (χ0v) is 11.2. The maximum atomic E-state index is 11.0. The molecule has 1 N–H and O–H groups in total. The first-order valence-electron chi connectivity index (χ1n) is 5.75. The molecule has 5 heteroatoms. The van der Waals surface area contributed by atoms with Crippen LogP contribution in [0.25, 0.3) is 0 Å². The number of rotatable bonds is 7. The number of nitrogens with zero attached hydrogens (tertiary/aromatic N) is 1. The highest BCUT2D eigenvalue weighted by atomic mass is 32.2. The van der Waals surface area contributed by atoms with Crippen molar-refractivity contribution in [3.8, 4) is 0 Å². The summed E-state index contributed by atoms with van der Waals surface area (Å²) in [7, 11) is -0.937. The van der Waals surface area contributed by atoms with Gasteiger partial charge in [0.15, 0.2) is 0 Å². The Kier molecular flexibility index (Phi) is 5.58. The molecule has 0 amide bonds. The van der Waals surface area contributed by atoms with Gasteiger partial charge in [0.05, 0.1) is 0 Å². The van der Waals surface area contributed by atoms with Gasteiger partial charge < -0.3 is 5.32 Å². The van der Waals surface area contributed by atoms with E-state index in [9.17, 15) is 8.42 Å². The summed E-state index contributed by atoms with van der Waals surface area (Å²) in [4.78, 5) is 4.07. The highest BCUT2D eigenvalue weighted by Gasteiger charge is 2.09. The van der Waals surface area contributed by atoms with Crippen LogP contribution in [0.1, 0.15) is 18.4 Å². The van der Waals surface area contributed by atoms with E-state index in [-0.39, 0.29) is 5.75 Å². The SMILES string of the molecule is CNC(CCCS(C)(=O)=O)Cc1cccnc1. The van der Waals surface area contributed by atoms with Crippen LogP contribution >= 0.6 is 0 Å². The average Bonchev–Trinajstić information content (AvgIpc) is 2.27. The van der Waals surface area contributed by atoms with Crippen molar-refractivity contribution < 1.29 is 8.42 Å². The molecule has 0 aliphatic carbocycles. The van der Waals surface area contributed by atoms with Crippen LogP contribution in [0.3, 0.4) is 0 Å². The van der Waals surface area contributed by atoms with Gasteiger partial charge >= 0.3 is 0 Å². The molecule has 1 aromatic heterocycles. The predicted molar refractivity (Wildman–Crippen MR) is 69.7 cm³/mol. The lowest BCUT2D eigenvalue weighted by molar-refractivity contribution is 0.510. The van der Waals surface area contributed by atoms with Crippen LogP contribution in [0.15, 0.2) is 24.5 Å². The number of hydrogen-bond acceptors (Lipinski definition) is 4. The highest BCUT2D eigenvalue weighted by Crippen LogP contribution is 2.07. The molecule has 0 fully saturated rings. The summed E-state index contributed by atoms with van der Waals surface area (Å²) in [5, 5.41) is 3.21. The van der Waals surface area contributed by atoms with Crippen molar-refractivity contribution in [2.24, 2.45) is 0 Å². The van der Waals surface area contributed by atoms with E-state index >= 15 is 0 Å². The van der Waals surface area contributed by atoms with E-state index in [2.05, 4.69) is 10.3 Å². The third-order valence-electron chi connectivity index (χ3n) is 2.68. The highest BCUT2D eigenvalue weighted by molar-refractivity contribution is 7.90. The van der Waals surface area contributed by atoms with Gasteiger partial charge in [0.2, 0.25) is 0 Å². The zero-order valence-electron chi connectivity index (χ0n) is 10.4. The van der Waals surface area contributed by atoms with Crippen LogP contribution in [0.4, 0.5) is 0 Å². The van der Waals surface area contributed by atoms with Crippen molar-refractivity contribution >= 4 is 9.84 Å². The Morgan fingerprint density at radius 2 is 2.24 bits per heavy atom. The number of aromatic nitrogens is 1. The fourth-order valence-electron chi connectivity index (χ4n) is 1.74. The van der Waals surface area contributed by atoms with Gasteiger partial charge in [0.25, 0.3) is 0 Å². The van der Waals surface area contributed by atoms with Gasteiger partial charge in [-0.1, -0.05) is 6.07 Å². The first kappa shape index (κ1) is 14.1. The molecule has 17 heavy (non-hydrogen) atoms. The molecule has 1 atom stereocenters. The van der Waals surface area contributed by atoms with Gasteiger partial charge in [-0.3, -0.25) is 4.98 Å². The lowest BCUT2D eigenvalue weighted by Crippen LogP contribution is -2.28. The molecule has 0 saturated carbocycles. The van der Waals surface area contributed by atoms with Gasteiger partial charge in [-0.25, -0.2) is 8.42 Å². The van der Waals surface area contributed by atoms with Crippen molar-refractivity contribution in [1.82, 2.24) is 10.3 Å². The molecule has 0 saturated heterocycles. The molecular formula is C12H20N2O2S. The third kappa shape index (κ3) is 6.38. The first-order chi connectivity index (χ1) is 8.01. The summed E-state index contributed by atoms with van der Waals surface area (Å²) in [5.74, 6) is 0.262. The van der Waals surface area contributed by atoms with Crippen molar-refractivity contribution in [3.63, 3.8) is 0 Å². The number of nitrogens with one attached hydrogen (secondary N) is 1. The fourth-order valence-corrected chi connectivity index (χ4v) is 2.43. The summed E-state index contributed by atoms with van der Waals surface area (Å²) in [6.45, 7) is 0.